The molecule has 14 heteroatoms. The first-order chi connectivity index (χ1) is 23.4. The van der Waals surface area contributed by atoms with Crippen molar-refractivity contribution in [1.82, 2.24) is 5.32 Å². The number of nitrogens with zero attached hydrogens (tertiary/aromatic N) is 3. The van der Waals surface area contributed by atoms with E-state index in [1.54, 1.807) is 51.7 Å². The van der Waals surface area contributed by atoms with Crippen LogP contribution in [0.2, 0.25) is 0 Å². The van der Waals surface area contributed by atoms with Gasteiger partial charge in [-0.15, -0.1) is 0 Å². The number of benzene rings is 1. The predicted molar refractivity (Wildman–Crippen MR) is 181 cm³/mol. The van der Waals surface area contributed by atoms with Gasteiger partial charge >= 0.3 is 5.97 Å². The average Bonchev–Trinajstić information content (AvgIpc) is 3.09. The highest BCUT2D eigenvalue weighted by atomic mass is 16.7. The number of amides is 1. The fraction of sp³-hybridized carbons (Fsp3) is 0.714. The summed E-state index contributed by atoms with van der Waals surface area (Å²) in [5.41, 5.74) is 9.33. The van der Waals surface area contributed by atoms with Gasteiger partial charge in [0.15, 0.2) is 6.23 Å². The number of carbonyl (C=O) groups excluding carboxylic acids is 2. The fourth-order valence-electron chi connectivity index (χ4n) is 6.37. The summed E-state index contributed by atoms with van der Waals surface area (Å²) in [7, 11) is 6.27. The Morgan fingerprint density at radius 1 is 1.16 bits per heavy atom. The van der Waals surface area contributed by atoms with Crippen LogP contribution in [0.15, 0.2) is 47.6 Å². The van der Waals surface area contributed by atoms with E-state index in [9.17, 15) is 9.59 Å². The first-order valence-corrected chi connectivity index (χ1v) is 16.7. The first kappa shape index (κ1) is 40.4. The van der Waals surface area contributed by atoms with Crippen LogP contribution in [0.5, 0.6) is 0 Å². The van der Waals surface area contributed by atoms with Crippen LogP contribution >= 0.6 is 0 Å². The lowest BCUT2D eigenvalue weighted by Gasteiger charge is -2.49. The Labute approximate surface area is 289 Å². The molecule has 0 saturated carbocycles. The molecule has 9 atom stereocenters. The van der Waals surface area contributed by atoms with Gasteiger partial charge in [0, 0.05) is 77.1 Å². The molecule has 1 aromatic rings. The van der Waals surface area contributed by atoms with Crippen LogP contribution in [0, 0.1) is 11.3 Å². The number of nitrogens with one attached hydrogen (secondary N) is 1. The Morgan fingerprint density at radius 3 is 2.47 bits per heavy atom. The van der Waals surface area contributed by atoms with Crippen molar-refractivity contribution in [2.75, 3.05) is 48.2 Å². The molecule has 0 unspecified atom stereocenters. The first-order valence-electron chi connectivity index (χ1n) is 16.7. The second-order valence-electron chi connectivity index (χ2n) is 13.2. The summed E-state index contributed by atoms with van der Waals surface area (Å²) in [4.78, 5) is 30.7. The van der Waals surface area contributed by atoms with Crippen molar-refractivity contribution < 1.29 is 47.5 Å². The maximum Gasteiger partial charge on any atom is 0.339 e. The van der Waals surface area contributed by atoms with Crippen molar-refractivity contribution >= 4 is 11.9 Å². The molecule has 0 aliphatic carbocycles. The molecule has 2 aliphatic heterocycles. The molecule has 0 radical (unpaired) electrons. The second kappa shape index (κ2) is 18.8. The maximum atomic E-state index is 14.5. The molecular formula is C35H54N4O10. The topological polar surface area (TPSA) is 169 Å². The third-order valence-electron chi connectivity index (χ3n) is 9.70. The highest BCUT2D eigenvalue weighted by Gasteiger charge is 2.54. The van der Waals surface area contributed by atoms with Crippen LogP contribution < -0.4 is 5.32 Å². The molecule has 274 valence electrons. The van der Waals surface area contributed by atoms with Gasteiger partial charge in [-0.1, -0.05) is 56.2 Å². The van der Waals surface area contributed by atoms with Gasteiger partial charge in [0.2, 0.25) is 11.9 Å². The van der Waals surface area contributed by atoms with E-state index in [4.69, 9.17) is 43.4 Å². The van der Waals surface area contributed by atoms with Crippen LogP contribution in [-0.2, 0) is 42.7 Å². The van der Waals surface area contributed by atoms with E-state index in [0.29, 0.717) is 25.9 Å². The van der Waals surface area contributed by atoms with Crippen molar-refractivity contribution in [3.8, 4) is 0 Å². The molecule has 2 fully saturated rings. The van der Waals surface area contributed by atoms with Gasteiger partial charge in [0.05, 0.1) is 36.6 Å². The van der Waals surface area contributed by atoms with E-state index in [0.717, 1.165) is 5.57 Å². The van der Waals surface area contributed by atoms with Crippen molar-refractivity contribution in [2.45, 2.75) is 102 Å². The van der Waals surface area contributed by atoms with Gasteiger partial charge in [0.1, 0.15) is 6.10 Å². The molecule has 2 heterocycles. The van der Waals surface area contributed by atoms with Crippen LogP contribution in [0.1, 0.15) is 63.7 Å². The molecule has 14 nitrogen and oxygen atoms in total. The highest BCUT2D eigenvalue weighted by Crippen LogP contribution is 2.42. The minimum Gasteiger partial charge on any atom is -0.443 e. The van der Waals surface area contributed by atoms with Crippen LogP contribution in [0.3, 0.4) is 0 Å². The standard InChI is InChI=1S/C35H54N4O10/c1-22-20-35(45-9,49-24(3)23(22)2)30(48-33(41)25-14-11-10-12-15-25)31(40)38-32(46-17-13-16-37-39-36)27-19-28(44-8)34(4,5)29(47-27)18-26(43-7)21-42-6/h10-12,14-15,23-24,26-30,32H,1,13,16-21H2,2-9H3,(H,38,40)/t23-,24-,26+,27+,28-,29-,30-,32+,35-/m1/s1. The lowest BCUT2D eigenvalue weighted by atomic mass is 9.74. The van der Waals surface area contributed by atoms with E-state index >= 15 is 0 Å². The smallest absolute Gasteiger partial charge is 0.339 e. The summed E-state index contributed by atoms with van der Waals surface area (Å²) in [6.07, 6.45) is -3.27. The number of methoxy groups -OCH3 is 4. The van der Waals surface area contributed by atoms with Gasteiger partial charge < -0.3 is 43.2 Å². The van der Waals surface area contributed by atoms with Crippen LogP contribution in [0.25, 0.3) is 10.4 Å². The Balaban J connectivity index is 2.00. The average molecular weight is 691 g/mol. The van der Waals surface area contributed by atoms with Gasteiger partial charge in [-0.25, -0.2) is 4.79 Å². The Bertz CT molecular complexity index is 1280. The highest BCUT2D eigenvalue weighted by molar-refractivity contribution is 5.92. The number of hydrogen-bond donors (Lipinski definition) is 1. The fourth-order valence-corrected chi connectivity index (χ4v) is 6.37. The lowest BCUT2D eigenvalue weighted by molar-refractivity contribution is -0.297. The van der Waals surface area contributed by atoms with Gasteiger partial charge in [-0.3, -0.25) is 4.79 Å². The van der Waals surface area contributed by atoms with E-state index in [2.05, 4.69) is 35.8 Å². The quantitative estimate of drug-likeness (QED) is 0.0422. The number of esters is 1. The molecule has 0 spiro atoms. The second-order valence-corrected chi connectivity index (χ2v) is 13.2. The number of hydrogen-bond acceptors (Lipinski definition) is 11. The van der Waals surface area contributed by atoms with E-state index < -0.39 is 47.6 Å². The van der Waals surface area contributed by atoms with Gasteiger partial charge in [-0.05, 0) is 31.0 Å². The SMILES string of the molecule is C=C1C[C@](OC)([C@H](OC(=O)c2ccccc2)C(=O)N[C@@H](OCCCN=[N+]=[N-])[C@@H]2C[C@@H](OC)C(C)(C)[C@@H](C[C@@H](COC)OC)O2)O[C@H](C)[C@@H]1C. The van der Waals surface area contributed by atoms with Crippen LogP contribution in [-0.4, -0.2) is 109 Å². The summed E-state index contributed by atoms with van der Waals surface area (Å²) < 4.78 is 48.2. The van der Waals surface area contributed by atoms with E-state index in [1.807, 2.05) is 13.8 Å². The number of azide groups is 1. The summed E-state index contributed by atoms with van der Waals surface area (Å²) in [6, 6.07) is 8.36. The van der Waals surface area contributed by atoms with Crippen molar-refractivity contribution in [3.05, 3.63) is 58.5 Å². The molecule has 3 rings (SSSR count). The molecule has 0 aromatic heterocycles. The molecule has 1 amide bonds. The summed E-state index contributed by atoms with van der Waals surface area (Å²) in [5.74, 6) is -3.15. The largest absolute Gasteiger partial charge is 0.443 e. The van der Waals surface area contributed by atoms with Crippen molar-refractivity contribution in [3.63, 3.8) is 0 Å². The summed E-state index contributed by atoms with van der Waals surface area (Å²) in [5, 5.41) is 6.54. The lowest BCUT2D eigenvalue weighted by Crippen LogP contribution is -2.63. The van der Waals surface area contributed by atoms with E-state index in [-0.39, 0.29) is 49.4 Å². The predicted octanol–water partition coefficient (Wildman–Crippen LogP) is 4.97. The molecule has 49 heavy (non-hydrogen) atoms. The zero-order valence-corrected chi connectivity index (χ0v) is 30.1. The molecule has 2 saturated heterocycles. The Kier molecular flexibility index (Phi) is 15.5. The van der Waals surface area contributed by atoms with Gasteiger partial charge in [0.25, 0.3) is 5.91 Å². The Morgan fingerprint density at radius 2 is 1.88 bits per heavy atom. The molecule has 2 aliphatic rings. The van der Waals surface area contributed by atoms with Gasteiger partial charge in [-0.2, -0.15) is 0 Å². The molecule has 1 N–H and O–H groups in total. The molecular weight excluding hydrogens is 636 g/mol. The Hall–Kier alpha value is -3.07. The molecule has 0 bridgehead atoms. The third kappa shape index (κ3) is 10.2. The maximum absolute atomic E-state index is 14.5. The third-order valence-corrected chi connectivity index (χ3v) is 9.70. The summed E-state index contributed by atoms with van der Waals surface area (Å²) in [6.45, 7) is 12.8. The van der Waals surface area contributed by atoms with Crippen molar-refractivity contribution in [1.29, 1.82) is 0 Å². The number of carbonyl (C=O) groups is 2. The summed E-state index contributed by atoms with van der Waals surface area (Å²) >= 11 is 0. The number of ether oxygens (including phenoxy) is 8. The van der Waals surface area contributed by atoms with E-state index in [1.165, 1.54) is 7.11 Å². The van der Waals surface area contributed by atoms with Crippen molar-refractivity contribution in [2.24, 2.45) is 16.4 Å². The normalized spacial score (nSPS) is 28.5. The minimum atomic E-state index is -1.68. The molecule has 1 aromatic carbocycles. The zero-order valence-electron chi connectivity index (χ0n) is 30.1. The number of rotatable bonds is 18. The van der Waals surface area contributed by atoms with Crippen LogP contribution in [0.4, 0.5) is 0 Å². The monoisotopic (exact) mass is 690 g/mol. The minimum absolute atomic E-state index is 0.0279. The zero-order chi connectivity index (χ0) is 36.2.